The normalized spacial score (nSPS) is 23.1. The van der Waals surface area contributed by atoms with Crippen molar-refractivity contribution in [3.8, 4) is 11.3 Å². The molecule has 1 saturated carbocycles. The molecule has 3 aliphatic rings. The average Bonchev–Trinajstić information content (AvgIpc) is 3.47. The molecule has 0 spiro atoms. The van der Waals surface area contributed by atoms with Crippen LogP contribution in [-0.2, 0) is 6.42 Å². The highest BCUT2D eigenvalue weighted by Gasteiger charge is 2.34. The maximum atomic E-state index is 14.3. The van der Waals surface area contributed by atoms with E-state index in [1.165, 1.54) is 50.5 Å². The number of carbonyl (C=O) groups excluding carboxylic acids is 1. The molecule has 2 heterocycles. The molecule has 2 aliphatic carbocycles. The van der Waals surface area contributed by atoms with Crippen molar-refractivity contribution < 1.29 is 4.79 Å². The van der Waals surface area contributed by atoms with E-state index >= 15 is 0 Å². The molecular weight excluding hydrogens is 492 g/mol. The predicted molar refractivity (Wildman–Crippen MR) is 162 cm³/mol. The number of aromatic nitrogens is 2. The first kappa shape index (κ1) is 26.8. The van der Waals surface area contributed by atoms with Crippen molar-refractivity contribution in [3.63, 3.8) is 0 Å². The molecule has 2 aromatic carbocycles. The van der Waals surface area contributed by atoms with Gasteiger partial charge in [0.2, 0.25) is 0 Å². The maximum Gasteiger partial charge on any atom is 0.275 e. The molecule has 2 fully saturated rings. The summed E-state index contributed by atoms with van der Waals surface area (Å²) in [5.74, 6) is 0.664. The summed E-state index contributed by atoms with van der Waals surface area (Å²) in [5, 5.41) is 3.51. The number of nitrogens with zero attached hydrogens (tertiary/aromatic N) is 3. The number of allylic oxidation sites excluding steroid dienone is 4. The molecule has 0 radical (unpaired) electrons. The largest absolute Gasteiger partial charge is 0.331 e. The lowest BCUT2D eigenvalue weighted by atomic mass is 9.80. The Morgan fingerprint density at radius 2 is 1.80 bits per heavy atom. The van der Waals surface area contributed by atoms with Gasteiger partial charge in [-0.3, -0.25) is 4.79 Å². The number of benzene rings is 2. The number of hydrogen-bond acceptors (Lipinski definition) is 3. The van der Waals surface area contributed by atoms with E-state index in [1.807, 2.05) is 18.5 Å². The van der Waals surface area contributed by atoms with E-state index in [2.05, 4.69) is 81.5 Å². The number of amides is 1. The van der Waals surface area contributed by atoms with Gasteiger partial charge >= 0.3 is 0 Å². The standard InChI is InChI=1S/C35H42N4O/c40-35(38-23-22-36-25-31(38)24-28-14-6-2-7-15-28)33-34(30-17-8-3-9-18-30)39(26-37-33)32-19-11-10-16-29(32)21-20-27-12-4-1-5-13-27/h1-4,6-9,12,14-15,17-18,26,29,31-32,36H,5,10-11,13,16,19-25H2/t29-,31+,32+/m0/s1. The third-order valence-electron chi connectivity index (χ3n) is 9.13. The first-order valence-electron chi connectivity index (χ1n) is 15.3. The van der Waals surface area contributed by atoms with Crippen LogP contribution in [0.5, 0.6) is 0 Å². The molecule has 5 nitrogen and oxygen atoms in total. The van der Waals surface area contributed by atoms with Gasteiger partial charge in [-0.05, 0) is 56.4 Å². The van der Waals surface area contributed by atoms with Gasteiger partial charge in [0.1, 0.15) is 0 Å². The van der Waals surface area contributed by atoms with Crippen molar-refractivity contribution in [2.24, 2.45) is 5.92 Å². The van der Waals surface area contributed by atoms with Gasteiger partial charge in [0.15, 0.2) is 5.69 Å². The van der Waals surface area contributed by atoms with E-state index in [-0.39, 0.29) is 11.9 Å². The number of nitrogens with one attached hydrogen (secondary N) is 1. The third kappa shape index (κ3) is 6.00. The van der Waals surface area contributed by atoms with E-state index in [0.29, 0.717) is 24.2 Å². The molecule has 1 amide bonds. The molecule has 3 atom stereocenters. The van der Waals surface area contributed by atoms with E-state index in [1.54, 1.807) is 5.57 Å². The van der Waals surface area contributed by atoms with Crippen LogP contribution in [0.15, 0.2) is 90.8 Å². The fourth-order valence-electron chi connectivity index (χ4n) is 7.01. The van der Waals surface area contributed by atoms with Crippen molar-refractivity contribution in [1.29, 1.82) is 0 Å². The Morgan fingerprint density at radius 1 is 1.00 bits per heavy atom. The second-order valence-electron chi connectivity index (χ2n) is 11.7. The van der Waals surface area contributed by atoms with Crippen LogP contribution >= 0.6 is 0 Å². The summed E-state index contributed by atoms with van der Waals surface area (Å²) < 4.78 is 2.38. The van der Waals surface area contributed by atoms with Crippen LogP contribution in [0.4, 0.5) is 0 Å². The molecule has 1 saturated heterocycles. The minimum absolute atomic E-state index is 0.0616. The second-order valence-corrected chi connectivity index (χ2v) is 11.7. The van der Waals surface area contributed by atoms with Crippen LogP contribution in [0.2, 0.25) is 0 Å². The summed E-state index contributed by atoms with van der Waals surface area (Å²) in [6.07, 6.45) is 19.3. The summed E-state index contributed by atoms with van der Waals surface area (Å²) in [6.45, 7) is 2.32. The minimum atomic E-state index is 0.0616. The van der Waals surface area contributed by atoms with Crippen molar-refractivity contribution >= 4 is 5.91 Å². The SMILES string of the molecule is O=C(c1ncn([C@@H]2CCCC[C@H]2CCC2=CC=CCC2)c1-c1ccccc1)N1CCNC[C@H]1Cc1ccccc1. The molecule has 6 rings (SSSR count). The number of carbonyl (C=O) groups is 1. The minimum Gasteiger partial charge on any atom is -0.331 e. The molecule has 208 valence electrons. The Kier molecular flexibility index (Phi) is 8.58. The lowest BCUT2D eigenvalue weighted by Gasteiger charge is -2.37. The van der Waals surface area contributed by atoms with Crippen LogP contribution in [0.25, 0.3) is 11.3 Å². The van der Waals surface area contributed by atoms with E-state index in [4.69, 9.17) is 4.98 Å². The monoisotopic (exact) mass is 534 g/mol. The smallest absolute Gasteiger partial charge is 0.275 e. The molecule has 0 bridgehead atoms. The Morgan fingerprint density at radius 3 is 2.60 bits per heavy atom. The number of piperazine rings is 1. The van der Waals surface area contributed by atoms with Crippen LogP contribution in [0, 0.1) is 5.92 Å². The Hall–Kier alpha value is -3.44. The van der Waals surface area contributed by atoms with Crippen LogP contribution < -0.4 is 5.32 Å². The van der Waals surface area contributed by atoms with Crippen molar-refractivity contribution in [2.45, 2.75) is 69.9 Å². The number of imidazole rings is 1. The molecule has 40 heavy (non-hydrogen) atoms. The average molecular weight is 535 g/mol. The lowest BCUT2D eigenvalue weighted by Crippen LogP contribution is -2.54. The van der Waals surface area contributed by atoms with Gasteiger partial charge in [0.25, 0.3) is 5.91 Å². The second kappa shape index (κ2) is 12.8. The summed E-state index contributed by atoms with van der Waals surface area (Å²) >= 11 is 0. The van der Waals surface area contributed by atoms with Gasteiger partial charge < -0.3 is 14.8 Å². The molecule has 5 heteroatoms. The summed E-state index contributed by atoms with van der Waals surface area (Å²) in [4.78, 5) is 21.3. The Labute approximate surface area is 239 Å². The zero-order valence-electron chi connectivity index (χ0n) is 23.6. The van der Waals surface area contributed by atoms with Gasteiger partial charge in [0, 0.05) is 37.3 Å². The molecule has 0 unspecified atom stereocenters. The first-order chi connectivity index (χ1) is 19.8. The van der Waals surface area contributed by atoms with Crippen LogP contribution in [0.3, 0.4) is 0 Å². The highest BCUT2D eigenvalue weighted by atomic mass is 16.2. The quantitative estimate of drug-likeness (QED) is 0.339. The molecular formula is C35H42N4O. The molecule has 3 aromatic rings. The highest BCUT2D eigenvalue weighted by Crippen LogP contribution is 2.41. The third-order valence-corrected chi connectivity index (χ3v) is 9.13. The molecule has 1 aromatic heterocycles. The number of hydrogen-bond donors (Lipinski definition) is 1. The zero-order valence-corrected chi connectivity index (χ0v) is 23.6. The van der Waals surface area contributed by atoms with Gasteiger partial charge in [-0.15, -0.1) is 0 Å². The Bertz CT molecular complexity index is 1330. The molecule has 1 aliphatic heterocycles. The zero-order chi connectivity index (χ0) is 27.1. The summed E-state index contributed by atoms with van der Waals surface area (Å²) in [7, 11) is 0. The van der Waals surface area contributed by atoms with Crippen LogP contribution in [-0.4, -0.2) is 46.0 Å². The first-order valence-corrected chi connectivity index (χ1v) is 15.3. The topological polar surface area (TPSA) is 50.2 Å². The molecule has 1 N–H and O–H groups in total. The van der Waals surface area contributed by atoms with Gasteiger partial charge in [-0.1, -0.05) is 97.3 Å². The Balaban J connectivity index is 1.31. The summed E-state index contributed by atoms with van der Waals surface area (Å²) in [6, 6.07) is 21.5. The van der Waals surface area contributed by atoms with Crippen molar-refractivity contribution in [3.05, 3.63) is 102 Å². The fraction of sp³-hybridized carbons (Fsp3) is 0.429. The maximum absolute atomic E-state index is 14.3. The summed E-state index contributed by atoms with van der Waals surface area (Å²) in [5.41, 5.74) is 5.54. The van der Waals surface area contributed by atoms with Crippen molar-refractivity contribution in [1.82, 2.24) is 19.8 Å². The number of rotatable bonds is 8. The van der Waals surface area contributed by atoms with Gasteiger partial charge in [-0.25, -0.2) is 4.98 Å². The van der Waals surface area contributed by atoms with E-state index in [0.717, 1.165) is 37.2 Å². The van der Waals surface area contributed by atoms with Gasteiger partial charge in [-0.2, -0.15) is 0 Å². The predicted octanol–water partition coefficient (Wildman–Crippen LogP) is 6.99. The van der Waals surface area contributed by atoms with Gasteiger partial charge in [0.05, 0.1) is 12.0 Å². The lowest BCUT2D eigenvalue weighted by molar-refractivity contribution is 0.0631. The van der Waals surface area contributed by atoms with Crippen molar-refractivity contribution in [2.75, 3.05) is 19.6 Å². The van der Waals surface area contributed by atoms with E-state index < -0.39 is 0 Å². The van der Waals surface area contributed by atoms with E-state index in [9.17, 15) is 4.79 Å². The van der Waals surface area contributed by atoms with Crippen LogP contribution in [0.1, 0.15) is 73.5 Å². The highest BCUT2D eigenvalue weighted by molar-refractivity contribution is 5.98. The fourth-order valence-corrected chi connectivity index (χ4v) is 7.01.